The molecule has 2 N–H and O–H groups in total. The third-order valence-corrected chi connectivity index (χ3v) is 5.13. The number of amides is 1. The lowest BCUT2D eigenvalue weighted by molar-refractivity contribution is 0.0963. The number of halogens is 1. The molecule has 0 unspecified atom stereocenters. The standard InChI is InChI=1S/C22H22FN3O/c1-24-22(27)17-4-2-15(3-5-17)14-26-10-8-16(9-11-26)20-13-25-21-12-18(23)6-7-19(20)21/h2-8,12-13,25H,9-11,14H2,1H3,(H,24,27). The topological polar surface area (TPSA) is 48.1 Å². The highest BCUT2D eigenvalue weighted by molar-refractivity contribution is 5.94. The lowest BCUT2D eigenvalue weighted by Crippen LogP contribution is -2.28. The molecule has 0 atom stereocenters. The van der Waals surface area contributed by atoms with Crippen molar-refractivity contribution in [2.75, 3.05) is 20.1 Å². The van der Waals surface area contributed by atoms with Gasteiger partial charge in [-0.1, -0.05) is 18.2 Å². The van der Waals surface area contributed by atoms with Crippen LogP contribution in [0.1, 0.15) is 27.9 Å². The van der Waals surface area contributed by atoms with Crippen molar-refractivity contribution in [1.29, 1.82) is 0 Å². The molecule has 0 bridgehead atoms. The zero-order chi connectivity index (χ0) is 18.8. The first-order valence-corrected chi connectivity index (χ1v) is 9.13. The Kier molecular flexibility index (Phi) is 4.77. The molecule has 1 aliphatic rings. The molecule has 0 aliphatic carbocycles. The Balaban J connectivity index is 1.44. The van der Waals surface area contributed by atoms with Crippen LogP contribution in [0.25, 0.3) is 16.5 Å². The molecule has 1 aliphatic heterocycles. The minimum absolute atomic E-state index is 0.0642. The molecule has 4 nitrogen and oxygen atoms in total. The maximum atomic E-state index is 13.4. The number of carbonyl (C=O) groups excluding carboxylic acids is 1. The maximum Gasteiger partial charge on any atom is 0.251 e. The molecule has 4 rings (SSSR count). The Morgan fingerprint density at radius 1 is 1.22 bits per heavy atom. The Morgan fingerprint density at radius 2 is 2.04 bits per heavy atom. The summed E-state index contributed by atoms with van der Waals surface area (Å²) in [5.41, 5.74) is 5.18. The van der Waals surface area contributed by atoms with Gasteiger partial charge in [0.15, 0.2) is 0 Å². The summed E-state index contributed by atoms with van der Waals surface area (Å²) in [6.07, 6.45) is 5.19. The van der Waals surface area contributed by atoms with Gasteiger partial charge in [0.25, 0.3) is 5.91 Å². The smallest absolute Gasteiger partial charge is 0.251 e. The van der Waals surface area contributed by atoms with E-state index in [2.05, 4.69) is 21.3 Å². The van der Waals surface area contributed by atoms with Crippen LogP contribution in [0.15, 0.2) is 54.7 Å². The van der Waals surface area contributed by atoms with Crippen LogP contribution in [0.4, 0.5) is 4.39 Å². The van der Waals surface area contributed by atoms with E-state index >= 15 is 0 Å². The van der Waals surface area contributed by atoms with Gasteiger partial charge in [-0.2, -0.15) is 0 Å². The number of rotatable bonds is 4. The van der Waals surface area contributed by atoms with Gasteiger partial charge in [0.05, 0.1) is 0 Å². The largest absolute Gasteiger partial charge is 0.360 e. The SMILES string of the molecule is CNC(=O)c1ccc(CN2CC=C(c3c[nH]c4cc(F)ccc34)CC2)cc1. The van der Waals surface area contributed by atoms with Gasteiger partial charge in [0, 0.05) is 54.9 Å². The van der Waals surface area contributed by atoms with Gasteiger partial charge in [0.2, 0.25) is 0 Å². The predicted octanol–water partition coefficient (Wildman–Crippen LogP) is 3.96. The zero-order valence-corrected chi connectivity index (χ0v) is 15.3. The molecule has 2 aromatic carbocycles. The Bertz CT molecular complexity index is 1000. The van der Waals surface area contributed by atoms with Crippen LogP contribution in [-0.4, -0.2) is 35.9 Å². The number of fused-ring (bicyclic) bond motifs is 1. The van der Waals surface area contributed by atoms with Crippen molar-refractivity contribution >= 4 is 22.4 Å². The summed E-state index contributed by atoms with van der Waals surface area (Å²) in [6.45, 7) is 2.70. The van der Waals surface area contributed by atoms with Crippen molar-refractivity contribution in [2.45, 2.75) is 13.0 Å². The molecule has 0 radical (unpaired) electrons. The Hall–Kier alpha value is -2.92. The fourth-order valence-corrected chi connectivity index (χ4v) is 3.63. The summed E-state index contributed by atoms with van der Waals surface area (Å²) >= 11 is 0. The van der Waals surface area contributed by atoms with Crippen LogP contribution in [0, 0.1) is 5.82 Å². The lowest BCUT2D eigenvalue weighted by Gasteiger charge is -2.26. The van der Waals surface area contributed by atoms with Gasteiger partial charge in [-0.05, 0) is 47.9 Å². The summed E-state index contributed by atoms with van der Waals surface area (Å²) < 4.78 is 13.4. The molecular weight excluding hydrogens is 341 g/mol. The van der Waals surface area contributed by atoms with Crippen molar-refractivity contribution in [3.8, 4) is 0 Å². The van der Waals surface area contributed by atoms with E-state index in [0.717, 1.165) is 37.0 Å². The van der Waals surface area contributed by atoms with Gasteiger partial charge in [-0.25, -0.2) is 4.39 Å². The van der Waals surface area contributed by atoms with Crippen molar-refractivity contribution in [3.63, 3.8) is 0 Å². The number of carbonyl (C=O) groups is 1. The molecule has 0 spiro atoms. The van der Waals surface area contributed by atoms with Gasteiger partial charge >= 0.3 is 0 Å². The van der Waals surface area contributed by atoms with Crippen LogP contribution in [0.5, 0.6) is 0 Å². The van der Waals surface area contributed by atoms with Crippen molar-refractivity contribution in [3.05, 3.63) is 77.2 Å². The molecule has 0 saturated carbocycles. The second-order valence-electron chi connectivity index (χ2n) is 6.88. The van der Waals surface area contributed by atoms with Crippen LogP contribution >= 0.6 is 0 Å². The number of benzene rings is 2. The van der Waals surface area contributed by atoms with E-state index in [1.165, 1.54) is 28.8 Å². The van der Waals surface area contributed by atoms with Gasteiger partial charge < -0.3 is 10.3 Å². The third-order valence-electron chi connectivity index (χ3n) is 5.13. The number of nitrogens with one attached hydrogen (secondary N) is 2. The molecule has 1 aromatic heterocycles. The number of nitrogens with zero attached hydrogens (tertiary/aromatic N) is 1. The first-order valence-electron chi connectivity index (χ1n) is 9.13. The fraction of sp³-hybridized carbons (Fsp3) is 0.227. The van der Waals surface area contributed by atoms with E-state index < -0.39 is 0 Å². The van der Waals surface area contributed by atoms with Crippen molar-refractivity contribution in [2.24, 2.45) is 0 Å². The summed E-state index contributed by atoms with van der Waals surface area (Å²) in [5, 5.41) is 3.71. The molecule has 5 heteroatoms. The molecule has 2 heterocycles. The molecule has 27 heavy (non-hydrogen) atoms. The van der Waals surface area contributed by atoms with Gasteiger partial charge in [-0.3, -0.25) is 9.69 Å². The average molecular weight is 363 g/mol. The van der Waals surface area contributed by atoms with Crippen LogP contribution in [-0.2, 0) is 6.54 Å². The number of aromatic amines is 1. The van der Waals surface area contributed by atoms with Gasteiger partial charge in [0.1, 0.15) is 5.82 Å². The summed E-state index contributed by atoms with van der Waals surface area (Å²) in [6, 6.07) is 12.7. The van der Waals surface area contributed by atoms with E-state index in [9.17, 15) is 9.18 Å². The number of H-pyrrole nitrogens is 1. The second-order valence-corrected chi connectivity index (χ2v) is 6.88. The second kappa shape index (κ2) is 7.37. The van der Waals surface area contributed by atoms with Crippen LogP contribution in [0.3, 0.4) is 0 Å². The average Bonchev–Trinajstić information content (AvgIpc) is 3.11. The van der Waals surface area contributed by atoms with E-state index in [1.807, 2.05) is 36.5 Å². The zero-order valence-electron chi connectivity index (χ0n) is 15.3. The molecule has 138 valence electrons. The van der Waals surface area contributed by atoms with Gasteiger partial charge in [-0.15, -0.1) is 0 Å². The third kappa shape index (κ3) is 3.64. The highest BCUT2D eigenvalue weighted by Gasteiger charge is 2.16. The number of hydrogen-bond acceptors (Lipinski definition) is 2. The van der Waals surface area contributed by atoms with E-state index in [0.29, 0.717) is 5.56 Å². The van der Waals surface area contributed by atoms with E-state index in [1.54, 1.807) is 7.05 Å². The van der Waals surface area contributed by atoms with E-state index in [4.69, 9.17) is 0 Å². The van der Waals surface area contributed by atoms with Crippen molar-refractivity contribution < 1.29 is 9.18 Å². The monoisotopic (exact) mass is 363 g/mol. The first kappa shape index (κ1) is 17.5. The minimum atomic E-state index is -0.220. The Morgan fingerprint density at radius 3 is 2.74 bits per heavy atom. The highest BCUT2D eigenvalue weighted by Crippen LogP contribution is 2.30. The number of hydrogen-bond donors (Lipinski definition) is 2. The highest BCUT2D eigenvalue weighted by atomic mass is 19.1. The Labute approximate surface area is 157 Å². The molecule has 1 amide bonds. The first-order chi connectivity index (χ1) is 13.1. The summed E-state index contributed by atoms with van der Waals surface area (Å²) in [7, 11) is 1.64. The van der Waals surface area contributed by atoms with Crippen molar-refractivity contribution in [1.82, 2.24) is 15.2 Å². The predicted molar refractivity (Wildman–Crippen MR) is 106 cm³/mol. The van der Waals surface area contributed by atoms with Crippen LogP contribution in [0.2, 0.25) is 0 Å². The van der Waals surface area contributed by atoms with Crippen LogP contribution < -0.4 is 5.32 Å². The number of aromatic nitrogens is 1. The fourth-order valence-electron chi connectivity index (χ4n) is 3.63. The quantitative estimate of drug-likeness (QED) is 0.737. The van der Waals surface area contributed by atoms with E-state index in [-0.39, 0.29) is 11.7 Å². The molecular formula is C22H22FN3O. The lowest BCUT2D eigenvalue weighted by atomic mass is 9.98. The molecule has 0 fully saturated rings. The molecule has 0 saturated heterocycles. The molecule has 3 aromatic rings. The normalized spacial score (nSPS) is 15.0. The maximum absolute atomic E-state index is 13.4. The summed E-state index contributed by atoms with van der Waals surface area (Å²) in [4.78, 5) is 17.2. The summed E-state index contributed by atoms with van der Waals surface area (Å²) in [5.74, 6) is -0.284. The minimum Gasteiger partial charge on any atom is -0.360 e.